The molecule has 0 aliphatic heterocycles. The molecule has 0 saturated heterocycles. The number of benzene rings is 1. The van der Waals surface area contributed by atoms with Crippen LogP contribution in [0.4, 0.5) is 0 Å². The van der Waals surface area contributed by atoms with E-state index in [1.807, 2.05) is 36.4 Å². The lowest BCUT2D eigenvalue weighted by Gasteiger charge is -2.25. The molecular formula is C22H23N5O2S. The summed E-state index contributed by atoms with van der Waals surface area (Å²) in [5, 5.41) is 13.9. The van der Waals surface area contributed by atoms with Gasteiger partial charge in [0.15, 0.2) is 16.7 Å². The lowest BCUT2D eigenvalue weighted by molar-refractivity contribution is 0.337. The minimum Gasteiger partial charge on any atom is -0.461 e. The molecule has 3 heterocycles. The molecule has 0 spiro atoms. The molecule has 1 aliphatic carbocycles. The van der Waals surface area contributed by atoms with Gasteiger partial charge in [0.2, 0.25) is 5.82 Å². The highest BCUT2D eigenvalue weighted by atomic mass is 32.2. The van der Waals surface area contributed by atoms with Crippen molar-refractivity contribution in [3.05, 3.63) is 54.0 Å². The van der Waals surface area contributed by atoms with Crippen molar-refractivity contribution in [1.82, 2.24) is 24.9 Å². The van der Waals surface area contributed by atoms with Gasteiger partial charge in [-0.1, -0.05) is 53.9 Å². The Morgan fingerprint density at radius 3 is 2.67 bits per heavy atom. The number of thioether (sulfide) groups is 1. The first-order valence-electron chi connectivity index (χ1n) is 10.3. The normalized spacial score (nSPS) is 15.0. The quantitative estimate of drug-likeness (QED) is 0.370. The lowest BCUT2D eigenvalue weighted by atomic mass is 9.95. The highest BCUT2D eigenvalue weighted by Gasteiger charge is 2.25. The van der Waals surface area contributed by atoms with E-state index in [-0.39, 0.29) is 0 Å². The topological polar surface area (TPSA) is 82.8 Å². The van der Waals surface area contributed by atoms with Gasteiger partial charge in [0.25, 0.3) is 5.89 Å². The average molecular weight is 422 g/mol. The van der Waals surface area contributed by atoms with Crippen LogP contribution in [0.25, 0.3) is 23.0 Å². The third-order valence-corrected chi connectivity index (χ3v) is 6.38. The van der Waals surface area contributed by atoms with E-state index >= 15 is 0 Å². The number of rotatable bonds is 6. The summed E-state index contributed by atoms with van der Waals surface area (Å²) in [5.74, 6) is 3.30. The van der Waals surface area contributed by atoms with Crippen LogP contribution in [0.2, 0.25) is 0 Å². The van der Waals surface area contributed by atoms with E-state index in [1.165, 1.54) is 24.8 Å². The maximum atomic E-state index is 5.62. The molecule has 4 aromatic rings. The summed E-state index contributed by atoms with van der Waals surface area (Å²) in [4.78, 5) is 4.55. The molecule has 0 amide bonds. The van der Waals surface area contributed by atoms with E-state index in [9.17, 15) is 0 Å². The summed E-state index contributed by atoms with van der Waals surface area (Å²) in [5.41, 5.74) is 2.12. The van der Waals surface area contributed by atoms with Gasteiger partial charge < -0.3 is 8.94 Å². The van der Waals surface area contributed by atoms with Crippen molar-refractivity contribution >= 4 is 11.8 Å². The molecular weight excluding hydrogens is 398 g/mol. The fourth-order valence-electron chi connectivity index (χ4n) is 3.87. The van der Waals surface area contributed by atoms with Crippen molar-refractivity contribution in [1.29, 1.82) is 0 Å². The molecule has 0 atom stereocenters. The largest absolute Gasteiger partial charge is 0.461 e. The van der Waals surface area contributed by atoms with E-state index in [4.69, 9.17) is 8.94 Å². The monoisotopic (exact) mass is 421 g/mol. The van der Waals surface area contributed by atoms with Crippen molar-refractivity contribution in [3.63, 3.8) is 0 Å². The second-order valence-electron chi connectivity index (χ2n) is 7.62. The molecule has 0 bridgehead atoms. The predicted molar refractivity (Wildman–Crippen MR) is 114 cm³/mol. The van der Waals surface area contributed by atoms with E-state index in [0.717, 1.165) is 35.1 Å². The van der Waals surface area contributed by atoms with Gasteiger partial charge >= 0.3 is 0 Å². The summed E-state index contributed by atoms with van der Waals surface area (Å²) >= 11 is 1.59. The number of aromatic nitrogens is 5. The first kappa shape index (κ1) is 19.1. The second kappa shape index (κ2) is 8.47. The molecule has 30 heavy (non-hydrogen) atoms. The van der Waals surface area contributed by atoms with Gasteiger partial charge in [0.1, 0.15) is 0 Å². The molecule has 7 nitrogen and oxygen atoms in total. The van der Waals surface area contributed by atoms with Crippen LogP contribution in [0.1, 0.15) is 49.5 Å². The van der Waals surface area contributed by atoms with Crippen molar-refractivity contribution in [2.45, 2.75) is 56.0 Å². The molecule has 3 aromatic heterocycles. The van der Waals surface area contributed by atoms with Crippen LogP contribution in [0.5, 0.6) is 0 Å². The predicted octanol–water partition coefficient (Wildman–Crippen LogP) is 5.69. The molecule has 1 aliphatic rings. The van der Waals surface area contributed by atoms with Crippen LogP contribution in [0.15, 0.2) is 56.8 Å². The van der Waals surface area contributed by atoms with Crippen LogP contribution in [-0.2, 0) is 5.75 Å². The summed E-state index contributed by atoms with van der Waals surface area (Å²) < 4.78 is 13.3. The molecule has 1 fully saturated rings. The molecule has 0 unspecified atom stereocenters. The van der Waals surface area contributed by atoms with Crippen molar-refractivity contribution < 1.29 is 8.94 Å². The van der Waals surface area contributed by atoms with E-state index < -0.39 is 0 Å². The fourth-order valence-corrected chi connectivity index (χ4v) is 4.72. The third kappa shape index (κ3) is 3.92. The smallest absolute Gasteiger partial charge is 0.257 e. The highest BCUT2D eigenvalue weighted by molar-refractivity contribution is 7.98. The summed E-state index contributed by atoms with van der Waals surface area (Å²) in [6.45, 7) is 2.05. The number of aryl methyl sites for hydroxylation is 1. The zero-order valence-electron chi connectivity index (χ0n) is 16.8. The van der Waals surface area contributed by atoms with E-state index in [2.05, 4.69) is 31.8 Å². The molecule has 8 heteroatoms. The Hall–Kier alpha value is -2.87. The zero-order valence-corrected chi connectivity index (χ0v) is 17.6. The summed E-state index contributed by atoms with van der Waals surface area (Å²) in [6.07, 6.45) is 7.71. The molecule has 0 radical (unpaired) electrons. The first-order valence-corrected chi connectivity index (χ1v) is 11.3. The standard InChI is InChI=1S/C22H23N5O2S/c1-15-9-11-16(12-10-15)21-23-19(26-29-21)14-30-22-25-24-20(18-8-5-13-28-18)27(22)17-6-3-2-4-7-17/h5,8-13,17H,2-4,6-7,14H2,1H3. The lowest BCUT2D eigenvalue weighted by Crippen LogP contribution is -2.15. The Kier molecular flexibility index (Phi) is 5.40. The first-order chi connectivity index (χ1) is 14.8. The maximum absolute atomic E-state index is 5.62. The zero-order chi connectivity index (χ0) is 20.3. The van der Waals surface area contributed by atoms with Crippen LogP contribution in [-0.4, -0.2) is 24.9 Å². The van der Waals surface area contributed by atoms with Crippen LogP contribution < -0.4 is 0 Å². The number of hydrogen-bond donors (Lipinski definition) is 0. The van der Waals surface area contributed by atoms with Crippen LogP contribution >= 0.6 is 11.8 Å². The maximum Gasteiger partial charge on any atom is 0.257 e. The fraction of sp³-hybridized carbons (Fsp3) is 0.364. The Labute approximate surface area is 178 Å². The van der Waals surface area contributed by atoms with Gasteiger partial charge in [0.05, 0.1) is 12.0 Å². The molecule has 5 rings (SSSR count). The highest BCUT2D eigenvalue weighted by Crippen LogP contribution is 2.36. The van der Waals surface area contributed by atoms with Gasteiger partial charge in [0, 0.05) is 11.6 Å². The van der Waals surface area contributed by atoms with Gasteiger partial charge in [-0.05, 0) is 44.0 Å². The Bertz CT molecular complexity index is 1100. The van der Waals surface area contributed by atoms with Gasteiger partial charge in [-0.2, -0.15) is 4.98 Å². The van der Waals surface area contributed by atoms with Crippen LogP contribution in [0.3, 0.4) is 0 Å². The number of hydrogen-bond acceptors (Lipinski definition) is 7. The van der Waals surface area contributed by atoms with E-state index in [1.54, 1.807) is 18.0 Å². The molecule has 1 saturated carbocycles. The van der Waals surface area contributed by atoms with Crippen molar-refractivity contribution in [3.8, 4) is 23.0 Å². The third-order valence-electron chi connectivity index (χ3n) is 5.44. The summed E-state index contributed by atoms with van der Waals surface area (Å²) in [6, 6.07) is 12.3. The minimum absolute atomic E-state index is 0.393. The van der Waals surface area contributed by atoms with Crippen molar-refractivity contribution in [2.24, 2.45) is 0 Å². The van der Waals surface area contributed by atoms with E-state index in [0.29, 0.717) is 23.5 Å². The van der Waals surface area contributed by atoms with Gasteiger partial charge in [-0.25, -0.2) is 0 Å². The van der Waals surface area contributed by atoms with Crippen LogP contribution in [0, 0.1) is 6.92 Å². The van der Waals surface area contributed by atoms with Gasteiger partial charge in [-0.15, -0.1) is 10.2 Å². The molecule has 0 N–H and O–H groups in total. The van der Waals surface area contributed by atoms with Gasteiger partial charge in [-0.3, -0.25) is 4.57 Å². The Balaban J connectivity index is 1.37. The average Bonchev–Trinajstić information content (AvgIpc) is 3.53. The Morgan fingerprint density at radius 2 is 1.90 bits per heavy atom. The number of nitrogens with zero attached hydrogens (tertiary/aromatic N) is 5. The number of furan rings is 1. The molecule has 154 valence electrons. The Morgan fingerprint density at radius 1 is 1.07 bits per heavy atom. The summed E-state index contributed by atoms with van der Waals surface area (Å²) in [7, 11) is 0. The molecule has 1 aromatic carbocycles. The minimum atomic E-state index is 0.393. The SMILES string of the molecule is Cc1ccc(-c2nc(CSc3nnc(-c4ccco4)n3C3CCCCC3)no2)cc1. The van der Waals surface area contributed by atoms with Crippen molar-refractivity contribution in [2.75, 3.05) is 0 Å². The second-order valence-corrected chi connectivity index (χ2v) is 8.56.